The predicted octanol–water partition coefficient (Wildman–Crippen LogP) is 7.99. The summed E-state index contributed by atoms with van der Waals surface area (Å²) in [5.74, 6) is 0.479. The molecule has 0 unspecified atom stereocenters. The molecule has 0 atom stereocenters. The Balaban J connectivity index is 1.51. The van der Waals surface area contributed by atoms with Crippen LogP contribution in [0.3, 0.4) is 0 Å². The Bertz CT molecular complexity index is 1230. The Morgan fingerprint density at radius 2 is 1.72 bits per heavy atom. The number of halogens is 4. The number of hydrogen-bond donors (Lipinski definition) is 1. The van der Waals surface area contributed by atoms with Crippen molar-refractivity contribution >= 4 is 89.7 Å². The molecule has 1 N–H and O–H groups in total. The Morgan fingerprint density at radius 3 is 2.41 bits per heavy atom. The van der Waals surface area contributed by atoms with Crippen molar-refractivity contribution in [1.82, 2.24) is 5.32 Å². The maximum absolute atomic E-state index is 12.4. The number of nitrogens with zero attached hydrogens (tertiary/aromatic N) is 1. The molecular weight excluding hydrogens is 599 g/mol. The van der Waals surface area contributed by atoms with Crippen molar-refractivity contribution in [2.45, 2.75) is 6.61 Å². The van der Waals surface area contributed by atoms with Gasteiger partial charge in [-0.25, -0.2) is 4.99 Å². The maximum atomic E-state index is 12.4. The van der Waals surface area contributed by atoms with Gasteiger partial charge in [0.2, 0.25) is 0 Å². The van der Waals surface area contributed by atoms with E-state index in [1.165, 1.54) is 11.8 Å². The van der Waals surface area contributed by atoms with Crippen LogP contribution in [0.15, 0.2) is 79.5 Å². The zero-order valence-electron chi connectivity index (χ0n) is 16.2. The first-order chi connectivity index (χ1) is 15.4. The van der Waals surface area contributed by atoms with Crippen LogP contribution in [-0.4, -0.2) is 11.1 Å². The van der Waals surface area contributed by atoms with Gasteiger partial charge >= 0.3 is 0 Å². The Morgan fingerprint density at radius 1 is 1.00 bits per heavy atom. The topological polar surface area (TPSA) is 50.7 Å². The number of benzene rings is 3. The number of nitrogens with one attached hydrogen (secondary N) is 1. The van der Waals surface area contributed by atoms with Crippen molar-refractivity contribution in [3.8, 4) is 5.75 Å². The van der Waals surface area contributed by atoms with Crippen LogP contribution in [0.4, 0.5) is 5.69 Å². The third-order valence-corrected chi connectivity index (χ3v) is 7.16. The Kier molecular flexibility index (Phi) is 7.63. The molecule has 0 radical (unpaired) electrons. The van der Waals surface area contributed by atoms with Crippen LogP contribution in [0.2, 0.25) is 10.0 Å². The number of amidine groups is 1. The number of hydrogen-bond acceptors (Lipinski definition) is 4. The predicted molar refractivity (Wildman–Crippen MR) is 140 cm³/mol. The van der Waals surface area contributed by atoms with Crippen molar-refractivity contribution in [1.29, 1.82) is 0 Å². The molecule has 1 amide bonds. The van der Waals surface area contributed by atoms with E-state index in [4.69, 9.17) is 27.9 Å². The van der Waals surface area contributed by atoms with E-state index in [-0.39, 0.29) is 5.91 Å². The van der Waals surface area contributed by atoms with Crippen molar-refractivity contribution in [3.05, 3.63) is 95.7 Å². The number of rotatable bonds is 5. The highest BCUT2D eigenvalue weighted by Crippen LogP contribution is 2.37. The number of ether oxygens (including phenoxy) is 1. The summed E-state index contributed by atoms with van der Waals surface area (Å²) in [7, 11) is 0. The normalized spacial score (nSPS) is 15.9. The van der Waals surface area contributed by atoms with Crippen molar-refractivity contribution in [2.24, 2.45) is 4.99 Å². The molecule has 0 bridgehead atoms. The number of thioether (sulfide) groups is 1. The smallest absolute Gasteiger partial charge is 0.264 e. The first-order valence-electron chi connectivity index (χ1n) is 9.29. The lowest BCUT2D eigenvalue weighted by atomic mass is 10.2. The van der Waals surface area contributed by atoms with Gasteiger partial charge in [0, 0.05) is 0 Å². The van der Waals surface area contributed by atoms with E-state index in [9.17, 15) is 4.79 Å². The first kappa shape index (κ1) is 23.4. The highest BCUT2D eigenvalue weighted by molar-refractivity contribution is 9.11. The van der Waals surface area contributed by atoms with Gasteiger partial charge in [-0.15, -0.1) is 0 Å². The fourth-order valence-corrected chi connectivity index (χ4v) is 5.42. The van der Waals surface area contributed by atoms with Crippen LogP contribution < -0.4 is 10.1 Å². The van der Waals surface area contributed by atoms with E-state index < -0.39 is 0 Å². The molecule has 0 aromatic heterocycles. The number of aliphatic imine (C=N–C) groups is 1. The van der Waals surface area contributed by atoms with Gasteiger partial charge in [-0.2, -0.15) is 0 Å². The molecule has 3 aromatic carbocycles. The molecule has 32 heavy (non-hydrogen) atoms. The molecule has 4 nitrogen and oxygen atoms in total. The molecule has 1 heterocycles. The minimum absolute atomic E-state index is 0.217. The van der Waals surface area contributed by atoms with Gasteiger partial charge in [0.1, 0.15) is 12.4 Å². The highest BCUT2D eigenvalue weighted by atomic mass is 79.9. The molecule has 3 aromatic rings. The van der Waals surface area contributed by atoms with Gasteiger partial charge in [0.25, 0.3) is 5.91 Å². The van der Waals surface area contributed by atoms with E-state index in [1.54, 1.807) is 24.3 Å². The lowest BCUT2D eigenvalue weighted by Crippen LogP contribution is -2.19. The third kappa shape index (κ3) is 5.77. The molecule has 0 aliphatic carbocycles. The minimum atomic E-state index is -0.217. The average Bonchev–Trinajstić information content (AvgIpc) is 3.09. The van der Waals surface area contributed by atoms with Gasteiger partial charge in [-0.1, -0.05) is 53.5 Å². The van der Waals surface area contributed by atoms with E-state index >= 15 is 0 Å². The largest absolute Gasteiger partial charge is 0.487 e. The minimum Gasteiger partial charge on any atom is -0.487 e. The van der Waals surface area contributed by atoms with E-state index in [2.05, 4.69) is 42.2 Å². The summed E-state index contributed by atoms with van der Waals surface area (Å²) in [5, 5.41) is 4.10. The molecule has 1 fully saturated rings. The van der Waals surface area contributed by atoms with E-state index in [0.29, 0.717) is 38.2 Å². The monoisotopic (exact) mass is 610 g/mol. The maximum Gasteiger partial charge on any atom is 0.264 e. The first-order valence-corrected chi connectivity index (χ1v) is 12.5. The number of carbonyl (C=O) groups excluding carboxylic acids is 1. The summed E-state index contributed by atoms with van der Waals surface area (Å²) in [4.78, 5) is 17.4. The molecule has 0 saturated carbocycles. The van der Waals surface area contributed by atoms with Crippen LogP contribution in [0.25, 0.3) is 6.08 Å². The number of carbonyl (C=O) groups is 1. The van der Waals surface area contributed by atoms with Crippen LogP contribution in [-0.2, 0) is 11.4 Å². The number of amides is 1. The van der Waals surface area contributed by atoms with E-state index in [1.807, 2.05) is 42.5 Å². The molecule has 162 valence electrons. The van der Waals surface area contributed by atoms with Crippen LogP contribution in [0.5, 0.6) is 5.75 Å². The van der Waals surface area contributed by atoms with Gasteiger partial charge in [0.05, 0.1) is 29.6 Å². The average molecular weight is 613 g/mol. The SMILES string of the molecule is O=C1NC(=Nc2ccc(Cl)c(Cl)c2)S/C1=C/c1cc(Br)c(OCc2ccccc2)c(Br)c1. The Hall–Kier alpha value is -1.77. The summed E-state index contributed by atoms with van der Waals surface area (Å²) < 4.78 is 7.52. The van der Waals surface area contributed by atoms with Crippen LogP contribution >= 0.6 is 66.8 Å². The molecule has 1 aliphatic rings. The lowest BCUT2D eigenvalue weighted by Gasteiger charge is -2.11. The van der Waals surface area contributed by atoms with Crippen molar-refractivity contribution in [2.75, 3.05) is 0 Å². The van der Waals surface area contributed by atoms with Crippen molar-refractivity contribution in [3.63, 3.8) is 0 Å². The van der Waals surface area contributed by atoms with Gasteiger partial charge in [0.15, 0.2) is 5.17 Å². The summed E-state index contributed by atoms with van der Waals surface area (Å²) in [5.41, 5.74) is 2.52. The summed E-state index contributed by atoms with van der Waals surface area (Å²) in [6.07, 6.45) is 1.80. The van der Waals surface area contributed by atoms with Crippen LogP contribution in [0, 0.1) is 0 Å². The Labute approximate surface area is 216 Å². The van der Waals surface area contributed by atoms with Crippen molar-refractivity contribution < 1.29 is 9.53 Å². The summed E-state index contributed by atoms with van der Waals surface area (Å²) >= 11 is 20.4. The fraction of sp³-hybridized carbons (Fsp3) is 0.0435. The van der Waals surface area contributed by atoms with Gasteiger partial charge in [-0.05, 0) is 91.2 Å². The second-order valence-corrected chi connectivity index (χ2v) is 10.2. The highest BCUT2D eigenvalue weighted by Gasteiger charge is 2.24. The molecule has 1 aliphatic heterocycles. The van der Waals surface area contributed by atoms with Gasteiger partial charge in [-0.3, -0.25) is 4.79 Å². The lowest BCUT2D eigenvalue weighted by molar-refractivity contribution is -0.115. The standard InChI is InChI=1S/C23H14Br2Cl2N2O2S/c24-16-8-14(9-17(25)21(16)31-12-13-4-2-1-3-5-13)10-20-22(30)29-23(32-20)28-15-6-7-18(26)19(27)11-15/h1-11H,12H2,(H,28,29,30)/b20-10+. The second kappa shape index (κ2) is 10.4. The zero-order valence-corrected chi connectivity index (χ0v) is 21.7. The molecule has 9 heteroatoms. The fourth-order valence-electron chi connectivity index (χ4n) is 2.83. The third-order valence-electron chi connectivity index (χ3n) is 4.33. The van der Waals surface area contributed by atoms with Gasteiger partial charge < -0.3 is 10.1 Å². The van der Waals surface area contributed by atoms with E-state index in [0.717, 1.165) is 20.1 Å². The molecule has 0 spiro atoms. The summed E-state index contributed by atoms with van der Waals surface area (Å²) in [6.45, 7) is 0.450. The second-order valence-electron chi connectivity index (χ2n) is 6.67. The van der Waals surface area contributed by atoms with Crippen LogP contribution in [0.1, 0.15) is 11.1 Å². The molecule has 1 saturated heterocycles. The zero-order chi connectivity index (χ0) is 22.7. The summed E-state index contributed by atoms with van der Waals surface area (Å²) in [6, 6.07) is 18.8. The molecule has 4 rings (SSSR count). The quantitative estimate of drug-likeness (QED) is 0.297. The molecular formula is C23H14Br2Cl2N2O2S.